The molecule has 0 saturated heterocycles. The fourth-order valence-corrected chi connectivity index (χ4v) is 3.42. The number of carbonyl (C=O) groups is 2. The Bertz CT molecular complexity index is 861. The van der Waals surface area contributed by atoms with Crippen LogP contribution in [0.25, 0.3) is 0 Å². The first-order valence-electron chi connectivity index (χ1n) is 9.11. The molecule has 4 rings (SSSR count). The highest BCUT2D eigenvalue weighted by Gasteiger charge is 2.44. The van der Waals surface area contributed by atoms with Crippen molar-refractivity contribution < 1.29 is 24.2 Å². The van der Waals surface area contributed by atoms with Crippen LogP contribution in [0, 0.1) is 5.92 Å². The molecule has 2 N–H and O–H groups in total. The van der Waals surface area contributed by atoms with E-state index in [9.17, 15) is 9.59 Å². The first-order chi connectivity index (χ1) is 13.1. The molecule has 1 fully saturated rings. The molecule has 1 aliphatic carbocycles. The Kier molecular flexibility index (Phi) is 4.71. The van der Waals surface area contributed by atoms with Crippen LogP contribution < -0.4 is 14.8 Å². The van der Waals surface area contributed by atoms with Crippen molar-refractivity contribution in [1.82, 2.24) is 5.32 Å². The molecule has 27 heavy (non-hydrogen) atoms. The van der Waals surface area contributed by atoms with Crippen LogP contribution in [0.1, 0.15) is 33.8 Å². The van der Waals surface area contributed by atoms with Gasteiger partial charge in [0, 0.05) is 12.5 Å². The third-order valence-corrected chi connectivity index (χ3v) is 5.04. The number of carboxylic acid groups (broad SMARTS) is 1. The van der Waals surface area contributed by atoms with E-state index in [2.05, 4.69) is 5.32 Å². The molecule has 0 radical (unpaired) electrons. The van der Waals surface area contributed by atoms with Gasteiger partial charge < -0.3 is 19.9 Å². The van der Waals surface area contributed by atoms with Gasteiger partial charge in [-0.15, -0.1) is 0 Å². The predicted molar refractivity (Wildman–Crippen MR) is 98.4 cm³/mol. The topological polar surface area (TPSA) is 84.9 Å². The second-order valence-electron chi connectivity index (χ2n) is 6.89. The second-order valence-corrected chi connectivity index (χ2v) is 6.89. The van der Waals surface area contributed by atoms with Crippen LogP contribution in [-0.4, -0.2) is 36.7 Å². The Morgan fingerprint density at radius 2 is 1.78 bits per heavy atom. The van der Waals surface area contributed by atoms with Crippen molar-refractivity contribution in [2.45, 2.75) is 18.8 Å². The lowest BCUT2D eigenvalue weighted by molar-refractivity contribution is -0.122. The minimum atomic E-state index is -0.936. The molecule has 1 aliphatic heterocycles. The van der Waals surface area contributed by atoms with Crippen molar-refractivity contribution in [2.75, 3.05) is 19.8 Å². The molecule has 2 aromatic carbocycles. The zero-order valence-electron chi connectivity index (χ0n) is 14.8. The monoisotopic (exact) mass is 367 g/mol. The van der Waals surface area contributed by atoms with E-state index in [0.29, 0.717) is 26.2 Å². The summed E-state index contributed by atoms with van der Waals surface area (Å²) in [4.78, 5) is 23.2. The molecule has 2 unspecified atom stereocenters. The average Bonchev–Trinajstić information content (AvgIpc) is 3.49. The lowest BCUT2D eigenvalue weighted by Crippen LogP contribution is -2.27. The summed E-state index contributed by atoms with van der Waals surface area (Å²) in [5, 5.41) is 11.9. The molecule has 0 spiro atoms. The molecule has 140 valence electrons. The van der Waals surface area contributed by atoms with Crippen LogP contribution >= 0.6 is 0 Å². The first kappa shape index (κ1) is 17.4. The average molecular weight is 367 g/mol. The predicted octanol–water partition coefficient (Wildman–Crippen LogP) is 2.62. The quantitative estimate of drug-likeness (QED) is 0.820. The number of carbonyl (C=O) groups excluding carboxylic acids is 1. The molecular weight excluding hydrogens is 346 g/mol. The summed E-state index contributed by atoms with van der Waals surface area (Å²) in [7, 11) is 0. The zero-order chi connectivity index (χ0) is 18.8. The van der Waals surface area contributed by atoms with Crippen molar-refractivity contribution in [3.05, 3.63) is 59.2 Å². The molecule has 6 heteroatoms. The highest BCUT2D eigenvalue weighted by Crippen LogP contribution is 2.49. The number of hydrogen-bond donors (Lipinski definition) is 2. The van der Waals surface area contributed by atoms with Crippen LogP contribution in [0.15, 0.2) is 42.5 Å². The smallest absolute Gasteiger partial charge is 0.335 e. The molecule has 2 aliphatic rings. The van der Waals surface area contributed by atoms with E-state index < -0.39 is 5.97 Å². The van der Waals surface area contributed by atoms with Crippen LogP contribution in [-0.2, 0) is 11.2 Å². The molecule has 1 heterocycles. The minimum absolute atomic E-state index is 0.00180. The van der Waals surface area contributed by atoms with E-state index in [-0.39, 0.29) is 23.3 Å². The number of rotatable bonds is 6. The molecule has 0 aromatic heterocycles. The van der Waals surface area contributed by atoms with Gasteiger partial charge in [-0.3, -0.25) is 4.79 Å². The van der Waals surface area contributed by atoms with E-state index in [0.717, 1.165) is 29.0 Å². The summed E-state index contributed by atoms with van der Waals surface area (Å²) >= 11 is 0. The van der Waals surface area contributed by atoms with Crippen molar-refractivity contribution in [1.29, 1.82) is 0 Å². The third-order valence-electron chi connectivity index (χ3n) is 5.04. The summed E-state index contributed by atoms with van der Waals surface area (Å²) < 4.78 is 11.1. The number of amides is 1. The lowest BCUT2D eigenvalue weighted by Gasteiger charge is -2.18. The van der Waals surface area contributed by atoms with Gasteiger partial charge in [-0.2, -0.15) is 0 Å². The van der Waals surface area contributed by atoms with Crippen molar-refractivity contribution in [3.63, 3.8) is 0 Å². The van der Waals surface area contributed by atoms with Crippen molar-refractivity contribution in [2.24, 2.45) is 5.92 Å². The number of fused-ring (bicyclic) bond motifs is 1. The van der Waals surface area contributed by atoms with Crippen molar-refractivity contribution in [3.8, 4) is 11.5 Å². The summed E-state index contributed by atoms with van der Waals surface area (Å²) in [6.07, 6.45) is 1.52. The number of ether oxygens (including phenoxy) is 2. The number of carboxylic acids is 1. The lowest BCUT2D eigenvalue weighted by atomic mass is 10.1. The Morgan fingerprint density at radius 1 is 1.04 bits per heavy atom. The maximum Gasteiger partial charge on any atom is 0.335 e. The molecule has 1 amide bonds. The van der Waals surface area contributed by atoms with Crippen molar-refractivity contribution >= 4 is 11.9 Å². The number of hydrogen-bond acceptors (Lipinski definition) is 4. The van der Waals surface area contributed by atoms with Crippen LogP contribution in [0.3, 0.4) is 0 Å². The van der Waals surface area contributed by atoms with Crippen LogP contribution in [0.5, 0.6) is 11.5 Å². The maximum atomic E-state index is 12.4. The zero-order valence-corrected chi connectivity index (χ0v) is 14.8. The molecule has 1 saturated carbocycles. The molecule has 2 aromatic rings. The van der Waals surface area contributed by atoms with Gasteiger partial charge in [0.05, 0.1) is 5.56 Å². The van der Waals surface area contributed by atoms with Gasteiger partial charge >= 0.3 is 5.97 Å². The van der Waals surface area contributed by atoms with Gasteiger partial charge in [0.25, 0.3) is 0 Å². The van der Waals surface area contributed by atoms with E-state index in [1.165, 1.54) is 0 Å². The Hall–Kier alpha value is -3.02. The standard InChI is InChI=1S/C21H21NO5/c23-20(22-8-7-13-1-3-14(4-2-13)21(24)25)17-12-16(17)15-5-6-18-19(11-15)27-10-9-26-18/h1-6,11,16-17H,7-10,12H2,(H,22,23)(H,24,25). The Balaban J connectivity index is 1.27. The molecule has 6 nitrogen and oxygen atoms in total. The molecule has 2 atom stereocenters. The van der Waals surface area contributed by atoms with Gasteiger partial charge in [0.1, 0.15) is 13.2 Å². The number of nitrogens with one attached hydrogen (secondary N) is 1. The van der Waals surface area contributed by atoms with Gasteiger partial charge in [-0.05, 0) is 54.2 Å². The molecule has 0 bridgehead atoms. The third kappa shape index (κ3) is 3.89. The van der Waals surface area contributed by atoms with Gasteiger partial charge in [0.15, 0.2) is 11.5 Å². The Labute approximate surface area is 157 Å². The van der Waals surface area contributed by atoms with Gasteiger partial charge in [-0.1, -0.05) is 18.2 Å². The summed E-state index contributed by atoms with van der Waals surface area (Å²) in [5.74, 6) is 0.888. The SMILES string of the molecule is O=C(O)c1ccc(CCNC(=O)C2CC2c2ccc3c(c2)OCCO3)cc1. The van der Waals surface area contributed by atoms with Gasteiger partial charge in [0.2, 0.25) is 5.91 Å². The fourth-order valence-electron chi connectivity index (χ4n) is 3.42. The fraction of sp³-hybridized carbons (Fsp3) is 0.333. The summed E-state index contributed by atoms with van der Waals surface area (Å²) in [5.41, 5.74) is 2.38. The maximum absolute atomic E-state index is 12.4. The summed E-state index contributed by atoms with van der Waals surface area (Å²) in [6.45, 7) is 1.66. The largest absolute Gasteiger partial charge is 0.486 e. The van der Waals surface area contributed by atoms with Crippen LogP contribution in [0.2, 0.25) is 0 Å². The van der Waals surface area contributed by atoms with Gasteiger partial charge in [-0.25, -0.2) is 4.79 Å². The first-order valence-corrected chi connectivity index (χ1v) is 9.11. The number of benzene rings is 2. The van der Waals surface area contributed by atoms with E-state index in [4.69, 9.17) is 14.6 Å². The Morgan fingerprint density at radius 3 is 2.52 bits per heavy atom. The highest BCUT2D eigenvalue weighted by molar-refractivity contribution is 5.87. The van der Waals surface area contributed by atoms with E-state index >= 15 is 0 Å². The number of aromatic carboxylic acids is 1. The molecular formula is C21H21NO5. The van der Waals surface area contributed by atoms with E-state index in [1.54, 1.807) is 24.3 Å². The normalized spacial score (nSPS) is 20.0. The van der Waals surface area contributed by atoms with E-state index in [1.807, 2.05) is 18.2 Å². The highest BCUT2D eigenvalue weighted by atomic mass is 16.6. The summed E-state index contributed by atoms with van der Waals surface area (Å²) in [6, 6.07) is 12.6. The minimum Gasteiger partial charge on any atom is -0.486 e. The second kappa shape index (κ2) is 7.31. The van der Waals surface area contributed by atoms with Crippen LogP contribution in [0.4, 0.5) is 0 Å².